The predicted molar refractivity (Wildman–Crippen MR) is 74.5 cm³/mol. The minimum atomic E-state index is -5.80. The van der Waals surface area contributed by atoms with Gasteiger partial charge in [0.05, 0.1) is 12.2 Å². The van der Waals surface area contributed by atoms with Crippen LogP contribution in [-0.4, -0.2) is 47.3 Å². The minimum absolute atomic E-state index is 0.00727. The Morgan fingerprint density at radius 1 is 1.29 bits per heavy atom. The Morgan fingerprint density at radius 3 is 2.46 bits per heavy atom. The topological polar surface area (TPSA) is 102 Å². The number of carbonyl (C=O) groups excluding carboxylic acids is 1. The molecular weight excluding hydrogens is 355 g/mol. The minimum Gasteiger partial charge on any atom is -0.444 e. The number of nitrogens with zero attached hydrogens (tertiary/aromatic N) is 2. The Bertz CT molecular complexity index is 736. The number of hydrogen-bond acceptors (Lipinski definition) is 6. The van der Waals surface area contributed by atoms with Gasteiger partial charge in [-0.1, -0.05) is 0 Å². The monoisotopic (exact) mass is 371 g/mol. The van der Waals surface area contributed by atoms with E-state index in [0.29, 0.717) is 5.69 Å². The van der Waals surface area contributed by atoms with E-state index in [2.05, 4.69) is 14.4 Å². The van der Waals surface area contributed by atoms with Gasteiger partial charge in [0, 0.05) is 12.1 Å². The first-order valence-corrected chi connectivity index (χ1v) is 8.26. The molecule has 0 radical (unpaired) electrons. The molecule has 1 amide bonds. The SMILES string of the molecule is CC(C)(C)OC(=O)N1CCc2c(OS(=O)(=O)C(F)(F)F)n[nH]c2C1. The molecule has 1 aliphatic rings. The molecule has 0 saturated carbocycles. The van der Waals surface area contributed by atoms with Gasteiger partial charge in [-0.05, 0) is 27.2 Å². The molecule has 0 spiro atoms. The number of ether oxygens (including phenoxy) is 1. The summed E-state index contributed by atoms with van der Waals surface area (Å²) in [5, 5.41) is 5.85. The molecule has 0 aromatic carbocycles. The van der Waals surface area contributed by atoms with E-state index < -0.39 is 33.2 Å². The smallest absolute Gasteiger partial charge is 0.444 e. The number of hydrogen-bond donors (Lipinski definition) is 1. The van der Waals surface area contributed by atoms with Gasteiger partial charge in [0.2, 0.25) is 0 Å². The Labute approximate surface area is 136 Å². The summed E-state index contributed by atoms with van der Waals surface area (Å²) in [7, 11) is -5.80. The van der Waals surface area contributed by atoms with Crippen LogP contribution < -0.4 is 4.18 Å². The number of carbonyl (C=O) groups is 1. The van der Waals surface area contributed by atoms with Crippen LogP contribution in [0.5, 0.6) is 5.88 Å². The van der Waals surface area contributed by atoms with Crippen molar-refractivity contribution in [1.82, 2.24) is 15.1 Å². The van der Waals surface area contributed by atoms with Crippen molar-refractivity contribution in [1.29, 1.82) is 0 Å². The molecule has 0 saturated heterocycles. The molecule has 24 heavy (non-hydrogen) atoms. The Hall–Kier alpha value is -1.98. The van der Waals surface area contributed by atoms with Gasteiger partial charge in [0.15, 0.2) is 0 Å². The Kier molecular flexibility index (Phi) is 4.46. The van der Waals surface area contributed by atoms with Crippen molar-refractivity contribution in [2.24, 2.45) is 0 Å². The van der Waals surface area contributed by atoms with E-state index >= 15 is 0 Å². The van der Waals surface area contributed by atoms with Crippen molar-refractivity contribution in [2.75, 3.05) is 6.54 Å². The maximum Gasteiger partial charge on any atom is 0.534 e. The van der Waals surface area contributed by atoms with Gasteiger partial charge in [-0.3, -0.25) is 5.10 Å². The number of rotatable bonds is 2. The van der Waals surface area contributed by atoms with E-state index in [1.54, 1.807) is 20.8 Å². The quantitative estimate of drug-likeness (QED) is 0.630. The Morgan fingerprint density at radius 2 is 1.92 bits per heavy atom. The number of amides is 1. The van der Waals surface area contributed by atoms with Gasteiger partial charge in [-0.15, -0.1) is 5.10 Å². The lowest BCUT2D eigenvalue weighted by Crippen LogP contribution is -2.40. The Balaban J connectivity index is 2.14. The van der Waals surface area contributed by atoms with Crippen LogP contribution in [0.2, 0.25) is 0 Å². The summed E-state index contributed by atoms with van der Waals surface area (Å²) in [6.45, 7) is 5.22. The van der Waals surface area contributed by atoms with E-state index in [1.165, 1.54) is 4.90 Å². The first-order valence-electron chi connectivity index (χ1n) is 6.85. The molecule has 0 aliphatic carbocycles. The van der Waals surface area contributed by atoms with Crippen molar-refractivity contribution in [3.8, 4) is 5.88 Å². The van der Waals surface area contributed by atoms with Crippen molar-refractivity contribution in [2.45, 2.75) is 44.8 Å². The molecule has 1 aliphatic heterocycles. The van der Waals surface area contributed by atoms with E-state index in [-0.39, 0.29) is 25.1 Å². The summed E-state index contributed by atoms with van der Waals surface area (Å²) >= 11 is 0. The zero-order chi connectivity index (χ0) is 18.3. The lowest BCUT2D eigenvalue weighted by atomic mass is 10.1. The van der Waals surface area contributed by atoms with Crippen LogP contribution in [0.25, 0.3) is 0 Å². The fourth-order valence-corrected chi connectivity index (χ4v) is 2.43. The van der Waals surface area contributed by atoms with Gasteiger partial charge in [-0.2, -0.15) is 21.6 Å². The van der Waals surface area contributed by atoms with Crippen LogP contribution in [-0.2, 0) is 27.8 Å². The third-order valence-electron chi connectivity index (χ3n) is 3.02. The van der Waals surface area contributed by atoms with Crippen LogP contribution in [0.3, 0.4) is 0 Å². The summed E-state index contributed by atoms with van der Waals surface area (Å²) in [6, 6.07) is 0. The average molecular weight is 371 g/mol. The average Bonchev–Trinajstić information content (AvgIpc) is 2.77. The number of halogens is 3. The maximum absolute atomic E-state index is 12.4. The van der Waals surface area contributed by atoms with Crippen LogP contribution >= 0.6 is 0 Å². The molecule has 0 atom stereocenters. The summed E-state index contributed by atoms with van der Waals surface area (Å²) in [6.07, 6.45) is -0.513. The predicted octanol–water partition coefficient (Wildman–Crippen LogP) is 1.93. The molecule has 136 valence electrons. The van der Waals surface area contributed by atoms with Crippen LogP contribution in [0.15, 0.2) is 0 Å². The molecule has 0 unspecified atom stereocenters. The first kappa shape index (κ1) is 18.4. The van der Waals surface area contributed by atoms with E-state index in [0.717, 1.165) is 0 Å². The normalized spacial score (nSPS) is 15.8. The zero-order valence-electron chi connectivity index (χ0n) is 13.1. The van der Waals surface area contributed by atoms with Gasteiger partial charge >= 0.3 is 21.7 Å². The number of fused-ring (bicyclic) bond motifs is 1. The number of H-pyrrole nitrogens is 1. The molecule has 1 aromatic rings. The summed E-state index contributed by atoms with van der Waals surface area (Å²) in [5.74, 6) is -0.661. The van der Waals surface area contributed by atoms with Crippen LogP contribution in [0.4, 0.5) is 18.0 Å². The highest BCUT2D eigenvalue weighted by Gasteiger charge is 2.49. The van der Waals surface area contributed by atoms with Gasteiger partial charge < -0.3 is 13.8 Å². The molecule has 1 aromatic heterocycles. The largest absolute Gasteiger partial charge is 0.534 e. The van der Waals surface area contributed by atoms with Crippen molar-refractivity contribution in [3.63, 3.8) is 0 Å². The third-order valence-corrected chi connectivity index (χ3v) is 3.96. The number of aromatic amines is 1. The standard InChI is InChI=1S/C12H16F3N3O5S/c1-11(2,3)22-10(19)18-5-4-7-8(6-18)16-17-9(7)23-24(20,21)12(13,14)15/h4-6H2,1-3H3,(H,16,17). The number of aromatic nitrogens is 2. The molecule has 2 rings (SSSR count). The third kappa shape index (κ3) is 3.91. The van der Waals surface area contributed by atoms with Gasteiger partial charge in [-0.25, -0.2) is 4.79 Å². The fourth-order valence-electron chi connectivity index (χ4n) is 1.99. The second-order valence-electron chi connectivity index (χ2n) is 6.12. The summed E-state index contributed by atoms with van der Waals surface area (Å²) < 4.78 is 68.4. The molecule has 12 heteroatoms. The van der Waals surface area contributed by atoms with Gasteiger partial charge in [0.25, 0.3) is 5.88 Å². The lowest BCUT2D eigenvalue weighted by molar-refractivity contribution is -0.0501. The molecule has 2 heterocycles. The summed E-state index contributed by atoms with van der Waals surface area (Å²) in [4.78, 5) is 13.3. The molecule has 1 N–H and O–H groups in total. The zero-order valence-corrected chi connectivity index (χ0v) is 13.9. The van der Waals surface area contributed by atoms with Crippen molar-refractivity contribution < 1.29 is 35.3 Å². The van der Waals surface area contributed by atoms with Crippen molar-refractivity contribution in [3.05, 3.63) is 11.3 Å². The molecule has 8 nitrogen and oxygen atoms in total. The maximum atomic E-state index is 12.4. The van der Waals surface area contributed by atoms with E-state index in [4.69, 9.17) is 4.74 Å². The number of alkyl halides is 3. The second kappa shape index (κ2) is 5.83. The molecular formula is C12H16F3N3O5S. The van der Waals surface area contributed by atoms with Crippen LogP contribution in [0, 0.1) is 0 Å². The van der Waals surface area contributed by atoms with Crippen LogP contribution in [0.1, 0.15) is 32.0 Å². The lowest BCUT2D eigenvalue weighted by Gasteiger charge is -2.29. The second-order valence-corrected chi connectivity index (χ2v) is 7.66. The number of nitrogens with one attached hydrogen (secondary N) is 1. The van der Waals surface area contributed by atoms with Crippen molar-refractivity contribution >= 4 is 16.2 Å². The highest BCUT2D eigenvalue weighted by molar-refractivity contribution is 7.87. The fraction of sp³-hybridized carbons (Fsp3) is 0.667. The van der Waals surface area contributed by atoms with E-state index in [1.807, 2.05) is 0 Å². The first-order chi connectivity index (χ1) is 10.8. The summed E-state index contributed by atoms with van der Waals surface area (Å²) in [5.41, 5.74) is -5.77. The van der Waals surface area contributed by atoms with E-state index in [9.17, 15) is 26.4 Å². The highest BCUT2D eigenvalue weighted by Crippen LogP contribution is 2.31. The van der Waals surface area contributed by atoms with Gasteiger partial charge in [0.1, 0.15) is 5.60 Å². The molecule has 0 fully saturated rings. The highest BCUT2D eigenvalue weighted by atomic mass is 32.2. The molecule has 0 bridgehead atoms.